The lowest BCUT2D eigenvalue weighted by Crippen LogP contribution is -2.44. The number of nitrogens with zero attached hydrogens (tertiary/aromatic N) is 1. The number of hydrogen-bond acceptors (Lipinski definition) is 6. The minimum absolute atomic E-state index is 0.124. The lowest BCUT2D eigenvalue weighted by atomic mass is 10.1. The number of nitrogens with one attached hydrogen (secondary N) is 3. The fourth-order valence-electron chi connectivity index (χ4n) is 2.47. The van der Waals surface area contributed by atoms with E-state index in [1.54, 1.807) is 6.08 Å². The highest BCUT2D eigenvalue weighted by atomic mass is 32.2. The number of alkyl halides is 2. The SMILES string of the molecule is NC(=O)C1N=C(NC2=CC(F)NC=C2)SC1NC(=O)C1=CCC(F)C=C1. The van der Waals surface area contributed by atoms with Gasteiger partial charge in [-0.2, -0.15) is 0 Å². The first kappa shape index (κ1) is 18.2. The number of halogens is 2. The van der Waals surface area contributed by atoms with E-state index in [-0.39, 0.29) is 6.42 Å². The Kier molecular flexibility index (Phi) is 5.40. The standard InChI is InChI=1S/C16H17F2N5O2S/c17-9-3-1-8(2-4-9)14(25)23-15-12(13(19)24)22-16(26-15)21-10-5-6-20-11(18)7-10/h1-3,5-7,9,11-12,15,20H,4H2,(H2,19,24)(H,21,22)(H,23,25). The van der Waals surface area contributed by atoms with Crippen LogP contribution in [-0.4, -0.2) is 40.9 Å². The van der Waals surface area contributed by atoms with E-state index in [0.29, 0.717) is 16.4 Å². The van der Waals surface area contributed by atoms with Gasteiger partial charge in [0.05, 0.1) is 0 Å². The molecular weight excluding hydrogens is 364 g/mol. The second kappa shape index (κ2) is 7.73. The fraction of sp³-hybridized carbons (Fsp3) is 0.312. The second-order valence-electron chi connectivity index (χ2n) is 5.71. The highest BCUT2D eigenvalue weighted by Crippen LogP contribution is 2.25. The van der Waals surface area contributed by atoms with Crippen LogP contribution in [0.4, 0.5) is 8.78 Å². The van der Waals surface area contributed by atoms with E-state index in [1.807, 2.05) is 0 Å². The van der Waals surface area contributed by atoms with Gasteiger partial charge in [-0.05, 0) is 18.2 Å². The summed E-state index contributed by atoms with van der Waals surface area (Å²) in [5.74, 6) is -1.15. The van der Waals surface area contributed by atoms with Crippen LogP contribution in [0.3, 0.4) is 0 Å². The van der Waals surface area contributed by atoms with Gasteiger partial charge in [-0.1, -0.05) is 23.9 Å². The number of dihydropyridines is 1. The fourth-order valence-corrected chi connectivity index (χ4v) is 3.55. The normalized spacial score (nSPS) is 30.0. The third-order valence-electron chi connectivity index (χ3n) is 3.75. The van der Waals surface area contributed by atoms with Crippen LogP contribution in [0.2, 0.25) is 0 Å². The Morgan fingerprint density at radius 2 is 2.15 bits per heavy atom. The Hall–Kier alpha value is -2.62. The monoisotopic (exact) mass is 381 g/mol. The molecule has 0 saturated heterocycles. The molecular formula is C16H17F2N5O2S. The summed E-state index contributed by atoms with van der Waals surface area (Å²) >= 11 is 1.10. The molecule has 1 aliphatic carbocycles. The largest absolute Gasteiger partial charge is 0.368 e. The van der Waals surface area contributed by atoms with Crippen LogP contribution in [0.25, 0.3) is 0 Å². The second-order valence-corrected chi connectivity index (χ2v) is 6.84. The van der Waals surface area contributed by atoms with Crippen LogP contribution in [0.5, 0.6) is 0 Å². The van der Waals surface area contributed by atoms with E-state index in [4.69, 9.17) is 5.73 Å². The number of allylic oxidation sites excluding steroid dienone is 3. The molecule has 0 bridgehead atoms. The minimum atomic E-state index is -1.33. The number of aliphatic imine (C=N–C) groups is 1. The molecule has 4 atom stereocenters. The van der Waals surface area contributed by atoms with Gasteiger partial charge in [0, 0.05) is 23.9 Å². The average molecular weight is 381 g/mol. The Labute approximate surface area is 152 Å². The maximum absolute atomic E-state index is 13.3. The van der Waals surface area contributed by atoms with Gasteiger partial charge in [-0.3, -0.25) is 9.59 Å². The number of thioether (sulfide) groups is 1. The zero-order valence-corrected chi connectivity index (χ0v) is 14.3. The predicted molar refractivity (Wildman–Crippen MR) is 95.1 cm³/mol. The molecule has 0 aromatic carbocycles. The molecule has 26 heavy (non-hydrogen) atoms. The van der Waals surface area contributed by atoms with Crippen molar-refractivity contribution in [3.05, 3.63) is 47.9 Å². The van der Waals surface area contributed by atoms with Crippen LogP contribution >= 0.6 is 11.8 Å². The number of amidine groups is 1. The smallest absolute Gasteiger partial charge is 0.251 e. The number of amides is 2. The quantitative estimate of drug-likeness (QED) is 0.530. The van der Waals surface area contributed by atoms with E-state index in [9.17, 15) is 18.4 Å². The van der Waals surface area contributed by atoms with Crippen LogP contribution in [0.1, 0.15) is 6.42 Å². The molecule has 2 aliphatic heterocycles. The van der Waals surface area contributed by atoms with Crippen molar-refractivity contribution in [3.8, 4) is 0 Å². The molecule has 0 saturated carbocycles. The maximum atomic E-state index is 13.3. The van der Waals surface area contributed by atoms with Gasteiger partial charge >= 0.3 is 0 Å². The van der Waals surface area contributed by atoms with Crippen molar-refractivity contribution in [3.63, 3.8) is 0 Å². The number of primary amides is 1. The third-order valence-corrected chi connectivity index (χ3v) is 4.81. The number of carbonyl (C=O) groups is 2. The molecule has 0 radical (unpaired) electrons. The van der Waals surface area contributed by atoms with Crippen molar-refractivity contribution in [2.45, 2.75) is 30.3 Å². The van der Waals surface area contributed by atoms with Gasteiger partial charge in [0.2, 0.25) is 5.91 Å². The molecule has 2 amide bonds. The summed E-state index contributed by atoms with van der Waals surface area (Å²) in [5, 5.41) is 7.64. The lowest BCUT2D eigenvalue weighted by Gasteiger charge is -2.18. The van der Waals surface area contributed by atoms with Gasteiger partial charge in [0.1, 0.15) is 11.5 Å². The molecule has 3 aliphatic rings. The summed E-state index contributed by atoms with van der Waals surface area (Å²) in [6.45, 7) is 0. The summed E-state index contributed by atoms with van der Waals surface area (Å²) < 4.78 is 26.4. The van der Waals surface area contributed by atoms with Gasteiger partial charge in [-0.25, -0.2) is 13.8 Å². The summed E-state index contributed by atoms with van der Waals surface area (Å²) in [4.78, 5) is 28.1. The van der Waals surface area contributed by atoms with Crippen molar-refractivity contribution in [1.29, 1.82) is 0 Å². The van der Waals surface area contributed by atoms with Crippen molar-refractivity contribution >= 4 is 28.7 Å². The molecule has 10 heteroatoms. The van der Waals surface area contributed by atoms with E-state index in [1.165, 1.54) is 30.5 Å². The first-order chi connectivity index (χ1) is 12.4. The molecule has 3 rings (SSSR count). The molecule has 0 aromatic heterocycles. The number of nitrogens with two attached hydrogens (primary N) is 1. The minimum Gasteiger partial charge on any atom is -0.368 e. The van der Waals surface area contributed by atoms with Crippen molar-refractivity contribution in [2.75, 3.05) is 0 Å². The highest BCUT2D eigenvalue weighted by Gasteiger charge is 2.36. The number of hydrogen-bond donors (Lipinski definition) is 4. The summed E-state index contributed by atoms with van der Waals surface area (Å²) in [6, 6.07) is -0.971. The topological polar surface area (TPSA) is 109 Å². The van der Waals surface area contributed by atoms with E-state index in [2.05, 4.69) is 20.9 Å². The first-order valence-electron chi connectivity index (χ1n) is 7.85. The van der Waals surface area contributed by atoms with Crippen molar-refractivity contribution in [2.24, 2.45) is 10.7 Å². The Bertz CT molecular complexity index is 762. The molecule has 2 heterocycles. The number of rotatable bonds is 4. The molecule has 7 nitrogen and oxygen atoms in total. The Morgan fingerprint density at radius 1 is 1.35 bits per heavy atom. The Balaban J connectivity index is 1.65. The lowest BCUT2D eigenvalue weighted by molar-refractivity contribution is -0.120. The zero-order valence-electron chi connectivity index (χ0n) is 13.5. The van der Waals surface area contributed by atoms with Gasteiger partial charge in [0.15, 0.2) is 17.5 Å². The predicted octanol–water partition coefficient (Wildman–Crippen LogP) is 0.496. The van der Waals surface area contributed by atoms with Crippen LogP contribution < -0.4 is 21.7 Å². The third kappa shape index (κ3) is 4.31. The molecule has 0 fully saturated rings. The van der Waals surface area contributed by atoms with Crippen LogP contribution in [-0.2, 0) is 9.59 Å². The summed E-state index contributed by atoms with van der Waals surface area (Å²) in [5.41, 5.74) is 6.14. The van der Waals surface area contributed by atoms with Crippen molar-refractivity contribution < 1.29 is 18.4 Å². The molecule has 0 aromatic rings. The molecule has 0 spiro atoms. The maximum Gasteiger partial charge on any atom is 0.251 e. The summed E-state index contributed by atoms with van der Waals surface area (Å²) in [7, 11) is 0. The molecule has 5 N–H and O–H groups in total. The van der Waals surface area contributed by atoms with Gasteiger partial charge in [0.25, 0.3) is 5.91 Å². The number of carbonyl (C=O) groups excluding carboxylic acids is 2. The molecule has 4 unspecified atom stereocenters. The van der Waals surface area contributed by atoms with E-state index in [0.717, 1.165) is 11.8 Å². The van der Waals surface area contributed by atoms with Gasteiger partial charge < -0.3 is 21.7 Å². The molecule has 138 valence electrons. The zero-order chi connectivity index (χ0) is 18.7. The summed E-state index contributed by atoms with van der Waals surface area (Å²) in [6.07, 6.45) is 6.23. The first-order valence-corrected chi connectivity index (χ1v) is 8.73. The van der Waals surface area contributed by atoms with Gasteiger partial charge in [-0.15, -0.1) is 0 Å². The van der Waals surface area contributed by atoms with E-state index < -0.39 is 35.7 Å². The average Bonchev–Trinajstić information content (AvgIpc) is 2.98. The van der Waals surface area contributed by atoms with Crippen LogP contribution in [0, 0.1) is 0 Å². The van der Waals surface area contributed by atoms with E-state index >= 15 is 0 Å². The van der Waals surface area contributed by atoms with Crippen LogP contribution in [0.15, 0.2) is 52.8 Å². The highest BCUT2D eigenvalue weighted by molar-refractivity contribution is 8.14. The van der Waals surface area contributed by atoms with Crippen molar-refractivity contribution in [1.82, 2.24) is 16.0 Å². The Morgan fingerprint density at radius 3 is 2.81 bits per heavy atom.